The van der Waals surface area contributed by atoms with Crippen LogP contribution in [0.25, 0.3) is 11.0 Å². The fourth-order valence-corrected chi connectivity index (χ4v) is 2.78. The second-order valence-electron chi connectivity index (χ2n) is 4.22. The molecule has 0 aliphatic rings. The lowest BCUT2D eigenvalue weighted by molar-refractivity contribution is 0.658. The topological polar surface area (TPSA) is 17.8 Å². The van der Waals surface area contributed by atoms with Gasteiger partial charge in [-0.2, -0.15) is 11.8 Å². The highest BCUT2D eigenvalue weighted by molar-refractivity contribution is 7.98. The molecule has 2 aromatic rings. The third-order valence-electron chi connectivity index (χ3n) is 2.83. The van der Waals surface area contributed by atoms with Crippen LogP contribution in [-0.4, -0.2) is 21.6 Å². The zero-order valence-electron chi connectivity index (χ0n) is 10.5. The smallest absolute Gasteiger partial charge is 0.127 e. The quantitative estimate of drug-likeness (QED) is 0.586. The van der Waals surface area contributed by atoms with Gasteiger partial charge in [0.15, 0.2) is 0 Å². The average Bonchev–Trinajstić information content (AvgIpc) is 2.68. The average molecular weight is 303 g/mol. The summed E-state index contributed by atoms with van der Waals surface area (Å²) in [6, 6.07) is 5.82. The van der Waals surface area contributed by atoms with Gasteiger partial charge in [0.05, 0.1) is 16.4 Å². The Morgan fingerprint density at radius 3 is 2.89 bits per heavy atom. The molecule has 0 N–H and O–H groups in total. The Labute approximate surface area is 122 Å². The van der Waals surface area contributed by atoms with Gasteiger partial charge in [-0.15, -0.1) is 11.6 Å². The maximum absolute atomic E-state index is 6.21. The molecule has 1 heterocycles. The molecule has 1 unspecified atom stereocenters. The van der Waals surface area contributed by atoms with Gasteiger partial charge in [-0.05, 0) is 43.6 Å². The van der Waals surface area contributed by atoms with Crippen LogP contribution < -0.4 is 0 Å². The third-order valence-corrected chi connectivity index (χ3v) is 3.95. The molecule has 5 heteroatoms. The van der Waals surface area contributed by atoms with E-state index in [1.807, 2.05) is 36.9 Å². The van der Waals surface area contributed by atoms with Gasteiger partial charge < -0.3 is 4.57 Å². The molecule has 2 nitrogen and oxygen atoms in total. The predicted octanol–water partition coefficient (Wildman–Crippen LogP) is 4.74. The first kappa shape index (κ1) is 14.0. The Morgan fingerprint density at radius 2 is 2.22 bits per heavy atom. The van der Waals surface area contributed by atoms with Crippen LogP contribution in [0.5, 0.6) is 0 Å². The molecular formula is C13H16Cl2N2S. The number of hydrogen-bond donors (Lipinski definition) is 0. The van der Waals surface area contributed by atoms with Crippen molar-refractivity contribution in [1.29, 1.82) is 0 Å². The van der Waals surface area contributed by atoms with E-state index in [4.69, 9.17) is 23.2 Å². The van der Waals surface area contributed by atoms with Gasteiger partial charge in [0.1, 0.15) is 5.82 Å². The van der Waals surface area contributed by atoms with Crippen LogP contribution in [-0.2, 0) is 6.54 Å². The van der Waals surface area contributed by atoms with Gasteiger partial charge >= 0.3 is 0 Å². The number of alkyl halides is 1. The van der Waals surface area contributed by atoms with E-state index >= 15 is 0 Å². The Balaban J connectivity index is 2.42. The molecule has 0 saturated heterocycles. The van der Waals surface area contributed by atoms with E-state index in [9.17, 15) is 0 Å². The minimum Gasteiger partial charge on any atom is -0.327 e. The fraction of sp³-hybridized carbons (Fsp3) is 0.462. The SMILES string of the molecule is CSCCCn1c(C(C)Cl)nc2cc(Cl)ccc21. The van der Waals surface area contributed by atoms with Crippen molar-refractivity contribution in [2.24, 2.45) is 0 Å². The summed E-state index contributed by atoms with van der Waals surface area (Å²) in [7, 11) is 0. The summed E-state index contributed by atoms with van der Waals surface area (Å²) in [6.07, 6.45) is 3.24. The molecular weight excluding hydrogens is 287 g/mol. The number of thioether (sulfide) groups is 1. The minimum absolute atomic E-state index is 0.0922. The maximum Gasteiger partial charge on any atom is 0.127 e. The van der Waals surface area contributed by atoms with Gasteiger partial charge in [0.25, 0.3) is 0 Å². The van der Waals surface area contributed by atoms with Crippen molar-refractivity contribution in [2.45, 2.75) is 25.3 Å². The molecule has 18 heavy (non-hydrogen) atoms. The van der Waals surface area contributed by atoms with E-state index in [-0.39, 0.29) is 5.38 Å². The van der Waals surface area contributed by atoms with Gasteiger partial charge in [0, 0.05) is 11.6 Å². The monoisotopic (exact) mass is 302 g/mol. The number of imidazole rings is 1. The van der Waals surface area contributed by atoms with E-state index in [0.29, 0.717) is 5.02 Å². The van der Waals surface area contributed by atoms with Crippen LogP contribution in [0.1, 0.15) is 24.5 Å². The summed E-state index contributed by atoms with van der Waals surface area (Å²) in [6.45, 7) is 2.90. The molecule has 98 valence electrons. The van der Waals surface area contributed by atoms with Gasteiger partial charge in [-0.25, -0.2) is 4.98 Å². The molecule has 1 atom stereocenters. The van der Waals surface area contributed by atoms with Crippen LogP contribution in [0, 0.1) is 0 Å². The van der Waals surface area contributed by atoms with Crippen molar-refractivity contribution < 1.29 is 0 Å². The number of halogens is 2. The lowest BCUT2D eigenvalue weighted by Gasteiger charge is -2.09. The second kappa shape index (κ2) is 6.18. The highest BCUT2D eigenvalue weighted by Gasteiger charge is 2.14. The number of aryl methyl sites for hydroxylation is 1. The first-order valence-corrected chi connectivity index (χ1v) is 8.13. The lowest BCUT2D eigenvalue weighted by atomic mass is 10.3. The van der Waals surface area contributed by atoms with Crippen LogP contribution in [0.4, 0.5) is 0 Å². The molecule has 1 aromatic carbocycles. The second-order valence-corrected chi connectivity index (χ2v) is 6.29. The molecule has 0 bridgehead atoms. The number of rotatable bonds is 5. The van der Waals surface area contributed by atoms with Crippen molar-refractivity contribution in [2.75, 3.05) is 12.0 Å². The van der Waals surface area contributed by atoms with Gasteiger partial charge in [-0.3, -0.25) is 0 Å². The van der Waals surface area contributed by atoms with E-state index in [0.717, 1.165) is 35.6 Å². The summed E-state index contributed by atoms with van der Waals surface area (Å²) in [5, 5.41) is 0.621. The predicted molar refractivity (Wildman–Crippen MR) is 82.0 cm³/mol. The zero-order valence-corrected chi connectivity index (χ0v) is 12.8. The van der Waals surface area contributed by atoms with Gasteiger partial charge in [0.2, 0.25) is 0 Å². The first-order chi connectivity index (χ1) is 8.63. The minimum atomic E-state index is -0.0922. The normalized spacial score (nSPS) is 13.1. The summed E-state index contributed by atoms with van der Waals surface area (Å²) >= 11 is 14.1. The molecule has 1 aromatic heterocycles. The van der Waals surface area contributed by atoms with Crippen LogP contribution >= 0.6 is 35.0 Å². The van der Waals surface area contributed by atoms with E-state index in [1.54, 1.807) is 0 Å². The molecule has 0 amide bonds. The molecule has 0 aliphatic heterocycles. The third kappa shape index (κ3) is 2.95. The summed E-state index contributed by atoms with van der Waals surface area (Å²) in [5.74, 6) is 2.07. The van der Waals surface area contributed by atoms with Crippen LogP contribution in [0.2, 0.25) is 5.02 Å². The zero-order chi connectivity index (χ0) is 13.1. The molecule has 2 rings (SSSR count). The molecule has 0 radical (unpaired) electrons. The highest BCUT2D eigenvalue weighted by atomic mass is 35.5. The van der Waals surface area contributed by atoms with Crippen molar-refractivity contribution in [1.82, 2.24) is 9.55 Å². The maximum atomic E-state index is 6.21. The Hall–Kier alpha value is -0.380. The highest BCUT2D eigenvalue weighted by Crippen LogP contribution is 2.26. The molecule has 0 spiro atoms. The number of benzene rings is 1. The number of hydrogen-bond acceptors (Lipinski definition) is 2. The number of fused-ring (bicyclic) bond motifs is 1. The number of nitrogens with zero attached hydrogens (tertiary/aromatic N) is 2. The van der Waals surface area contributed by atoms with Crippen LogP contribution in [0.3, 0.4) is 0 Å². The van der Waals surface area contributed by atoms with Crippen molar-refractivity contribution in [3.8, 4) is 0 Å². The summed E-state index contributed by atoms with van der Waals surface area (Å²) in [4.78, 5) is 4.59. The summed E-state index contributed by atoms with van der Waals surface area (Å²) < 4.78 is 2.21. The van der Waals surface area contributed by atoms with E-state index < -0.39 is 0 Å². The largest absolute Gasteiger partial charge is 0.327 e. The van der Waals surface area contributed by atoms with Crippen LogP contribution in [0.15, 0.2) is 18.2 Å². The van der Waals surface area contributed by atoms with Crippen molar-refractivity contribution in [3.63, 3.8) is 0 Å². The molecule has 0 fully saturated rings. The van der Waals surface area contributed by atoms with Crippen molar-refractivity contribution >= 4 is 46.0 Å². The van der Waals surface area contributed by atoms with Gasteiger partial charge in [-0.1, -0.05) is 11.6 Å². The Bertz CT molecular complexity index is 537. The summed E-state index contributed by atoms with van der Waals surface area (Å²) in [5.41, 5.74) is 2.04. The lowest BCUT2D eigenvalue weighted by Crippen LogP contribution is -2.05. The molecule has 0 aliphatic carbocycles. The van der Waals surface area contributed by atoms with Crippen molar-refractivity contribution in [3.05, 3.63) is 29.0 Å². The molecule has 0 saturated carbocycles. The Morgan fingerprint density at radius 1 is 1.44 bits per heavy atom. The standard InChI is InChI=1S/C13H16Cl2N2S/c1-9(14)13-16-11-8-10(15)4-5-12(11)17(13)6-3-7-18-2/h4-5,8-9H,3,6-7H2,1-2H3. The number of aromatic nitrogens is 2. The fourth-order valence-electron chi connectivity index (χ4n) is 2.03. The Kier molecular flexibility index (Phi) is 4.82. The van der Waals surface area contributed by atoms with E-state index in [1.165, 1.54) is 0 Å². The first-order valence-electron chi connectivity index (χ1n) is 5.92. The van der Waals surface area contributed by atoms with E-state index in [2.05, 4.69) is 15.8 Å².